The van der Waals surface area contributed by atoms with E-state index in [1.54, 1.807) is 43.0 Å². The molecule has 236 valence electrons. The molecule has 1 fully saturated rings. The highest BCUT2D eigenvalue weighted by Crippen LogP contribution is 2.37. The number of carbonyl (C=O) groups excluding carboxylic acids is 2. The quantitative estimate of drug-likeness (QED) is 0.222. The Morgan fingerprint density at radius 2 is 1.96 bits per heavy atom. The van der Waals surface area contributed by atoms with Gasteiger partial charge < -0.3 is 26.0 Å². The third kappa shape index (κ3) is 7.36. The van der Waals surface area contributed by atoms with Gasteiger partial charge in [-0.25, -0.2) is 9.97 Å². The number of hydrogen-bond donors (Lipinski definition) is 4. The minimum absolute atomic E-state index is 0.125. The van der Waals surface area contributed by atoms with Gasteiger partial charge in [0.05, 0.1) is 23.5 Å². The van der Waals surface area contributed by atoms with Crippen LogP contribution in [0, 0.1) is 18.3 Å². The summed E-state index contributed by atoms with van der Waals surface area (Å²) in [5, 5.41) is 28.4. The second-order valence-electron chi connectivity index (χ2n) is 9.89. The number of aromatic nitrogens is 5. The number of anilines is 2. The van der Waals surface area contributed by atoms with Crippen molar-refractivity contribution < 1.29 is 32.7 Å². The molecule has 1 saturated heterocycles. The van der Waals surface area contributed by atoms with Gasteiger partial charge in [0.25, 0.3) is 12.4 Å². The summed E-state index contributed by atoms with van der Waals surface area (Å²) in [5.74, 6) is -0.252. The molecule has 5 rings (SSSR count). The monoisotopic (exact) mass is 626 g/mol. The van der Waals surface area contributed by atoms with Crippen LogP contribution in [0.1, 0.15) is 28.5 Å². The van der Waals surface area contributed by atoms with Gasteiger partial charge in [-0.1, -0.05) is 0 Å². The van der Waals surface area contributed by atoms with Crippen LogP contribution in [0.3, 0.4) is 0 Å². The molecule has 1 unspecified atom stereocenters. The van der Waals surface area contributed by atoms with Gasteiger partial charge >= 0.3 is 6.18 Å². The maximum atomic E-state index is 13.7. The minimum atomic E-state index is -4.74. The number of amides is 2. The maximum Gasteiger partial charge on any atom is 0.435 e. The first kappa shape index (κ1) is 32.4. The molecular weight excluding hydrogens is 597 g/mol. The van der Waals surface area contributed by atoms with Crippen LogP contribution >= 0.6 is 0 Å². The summed E-state index contributed by atoms with van der Waals surface area (Å²) in [7, 11) is 0. The third-order valence-corrected chi connectivity index (χ3v) is 6.85. The summed E-state index contributed by atoms with van der Waals surface area (Å²) in [6, 6.07) is 6.10. The van der Waals surface area contributed by atoms with Gasteiger partial charge in [0.15, 0.2) is 17.2 Å². The Kier molecular flexibility index (Phi) is 9.98. The molecule has 0 spiro atoms. The fourth-order valence-corrected chi connectivity index (χ4v) is 4.81. The normalized spacial score (nSPS) is 13.7. The van der Waals surface area contributed by atoms with Crippen molar-refractivity contribution in [1.29, 1.82) is 5.26 Å². The molecule has 1 aliphatic rings. The molecule has 14 nitrogen and oxygen atoms in total. The summed E-state index contributed by atoms with van der Waals surface area (Å²) >= 11 is 0. The van der Waals surface area contributed by atoms with Crippen LogP contribution in [0.4, 0.5) is 24.7 Å². The van der Waals surface area contributed by atoms with Crippen LogP contribution in [-0.2, 0) is 22.3 Å². The van der Waals surface area contributed by atoms with E-state index in [0.29, 0.717) is 43.0 Å². The zero-order chi connectivity index (χ0) is 32.7. The number of nitrogens with zero attached hydrogens (tertiary/aromatic N) is 7. The first-order valence-electron chi connectivity index (χ1n) is 13.6. The van der Waals surface area contributed by atoms with Crippen LogP contribution in [0.5, 0.6) is 0 Å². The Hall–Kier alpha value is -5.50. The molecular formula is C28H29F3N10O4. The first-order valence-corrected chi connectivity index (χ1v) is 13.6. The van der Waals surface area contributed by atoms with E-state index in [0.717, 1.165) is 10.9 Å². The van der Waals surface area contributed by atoms with Crippen LogP contribution in [0.15, 0.2) is 43.0 Å². The van der Waals surface area contributed by atoms with Crippen LogP contribution < -0.4 is 16.0 Å². The second kappa shape index (κ2) is 13.9. The van der Waals surface area contributed by atoms with Crippen molar-refractivity contribution >= 4 is 35.4 Å². The molecule has 0 bridgehead atoms. The summed E-state index contributed by atoms with van der Waals surface area (Å²) in [4.78, 5) is 44.3. The van der Waals surface area contributed by atoms with E-state index < -0.39 is 17.9 Å². The van der Waals surface area contributed by atoms with E-state index in [9.17, 15) is 22.8 Å². The first-order chi connectivity index (χ1) is 21.5. The summed E-state index contributed by atoms with van der Waals surface area (Å²) < 4.78 is 43.5. The molecule has 1 aliphatic heterocycles. The number of nitriles is 1. The summed E-state index contributed by atoms with van der Waals surface area (Å²) in [5.41, 5.74) is 0.626. The van der Waals surface area contributed by atoms with Crippen LogP contribution in [0.2, 0.25) is 0 Å². The Morgan fingerprint density at radius 1 is 1.24 bits per heavy atom. The van der Waals surface area contributed by atoms with Gasteiger partial charge in [0.2, 0.25) is 5.91 Å². The Bertz CT molecular complexity index is 1740. The highest BCUT2D eigenvalue weighted by atomic mass is 19.4. The Labute approximate surface area is 254 Å². The number of benzene rings is 1. The van der Waals surface area contributed by atoms with Gasteiger partial charge in [-0.2, -0.15) is 23.5 Å². The van der Waals surface area contributed by atoms with Gasteiger partial charge in [0.1, 0.15) is 12.6 Å². The van der Waals surface area contributed by atoms with E-state index in [1.165, 1.54) is 23.0 Å². The summed E-state index contributed by atoms with van der Waals surface area (Å²) in [6.07, 6.45) is 0.599. The highest BCUT2D eigenvalue weighted by Gasteiger charge is 2.38. The lowest BCUT2D eigenvalue weighted by atomic mass is 10.1. The van der Waals surface area contributed by atoms with Crippen molar-refractivity contribution in [2.24, 2.45) is 0 Å². The zero-order valence-corrected chi connectivity index (χ0v) is 24.2. The van der Waals surface area contributed by atoms with Crippen LogP contribution in [0.25, 0.3) is 16.9 Å². The SMILES string of the molecule is Cc1cc(Nc2nccn3c(-c4cn(CC#N)nc4C(F)(F)F)cnc23)ccc1C(=O)NC(C)C(=O)N1CCNCC1.O=CO. The van der Waals surface area contributed by atoms with Gasteiger partial charge in [-0.3, -0.25) is 23.5 Å². The molecule has 45 heavy (non-hydrogen) atoms. The molecule has 3 aromatic heterocycles. The molecule has 0 saturated carbocycles. The lowest BCUT2D eigenvalue weighted by Crippen LogP contribution is -2.53. The Balaban J connectivity index is 0.00000148. The van der Waals surface area contributed by atoms with E-state index in [-0.39, 0.29) is 47.6 Å². The molecule has 4 heterocycles. The molecule has 0 aliphatic carbocycles. The molecule has 2 amide bonds. The predicted octanol–water partition coefficient (Wildman–Crippen LogP) is 2.44. The number of alkyl halides is 3. The lowest BCUT2D eigenvalue weighted by molar-refractivity contribution is -0.141. The van der Waals surface area contributed by atoms with Crippen molar-refractivity contribution in [2.75, 3.05) is 31.5 Å². The fraction of sp³-hybridized carbons (Fsp3) is 0.321. The number of rotatable bonds is 7. The molecule has 1 atom stereocenters. The molecule has 17 heteroatoms. The van der Waals surface area contributed by atoms with Crippen molar-refractivity contribution in [3.63, 3.8) is 0 Å². The number of halogens is 3. The lowest BCUT2D eigenvalue weighted by Gasteiger charge is -2.30. The number of piperazine rings is 1. The fourth-order valence-electron chi connectivity index (χ4n) is 4.81. The molecule has 1 aromatic carbocycles. The Morgan fingerprint density at radius 3 is 2.60 bits per heavy atom. The topological polar surface area (TPSA) is 183 Å². The number of fused-ring (bicyclic) bond motifs is 1. The van der Waals surface area contributed by atoms with E-state index in [1.807, 2.05) is 0 Å². The summed E-state index contributed by atoms with van der Waals surface area (Å²) in [6.45, 7) is 5.42. The maximum absolute atomic E-state index is 13.7. The third-order valence-electron chi connectivity index (χ3n) is 6.85. The highest BCUT2D eigenvalue weighted by molar-refractivity contribution is 5.99. The smallest absolute Gasteiger partial charge is 0.435 e. The van der Waals surface area contributed by atoms with E-state index in [2.05, 4.69) is 31.0 Å². The average molecular weight is 627 g/mol. The van der Waals surface area contributed by atoms with Crippen molar-refractivity contribution in [3.8, 4) is 17.3 Å². The standard InChI is InChI=1S/C27H27F3N10O2.CH2O2/c1-16-13-18(3-4-19(16)25(41)35-17(2)26(42)38-10-6-32-7-11-38)36-23-24-34-14-21(40(24)12-8-33-23)20-15-39(9-5-31)37-22(20)27(28,29)30;2-1-3/h3-4,8,12-15,17,32H,6-7,9-11H2,1-2H3,(H,33,36)(H,35,41);1H,(H,2,3). The number of aryl methyl sites for hydroxylation is 1. The predicted molar refractivity (Wildman–Crippen MR) is 154 cm³/mol. The number of imidazole rings is 1. The number of hydrogen-bond acceptors (Lipinski definition) is 9. The van der Waals surface area contributed by atoms with Crippen LogP contribution in [-0.4, -0.2) is 84.7 Å². The molecule has 4 aromatic rings. The van der Waals surface area contributed by atoms with Gasteiger partial charge in [-0.15, -0.1) is 0 Å². The van der Waals surface area contributed by atoms with E-state index in [4.69, 9.17) is 15.2 Å². The average Bonchev–Trinajstić information content (AvgIpc) is 3.63. The molecule has 4 N–H and O–H groups in total. The zero-order valence-electron chi connectivity index (χ0n) is 24.2. The number of nitrogens with one attached hydrogen (secondary N) is 3. The van der Waals surface area contributed by atoms with Gasteiger partial charge in [0, 0.05) is 56.0 Å². The number of carbonyl (C=O) groups is 3. The van der Waals surface area contributed by atoms with E-state index >= 15 is 0 Å². The number of carboxylic acid groups (broad SMARTS) is 1. The molecule has 0 radical (unpaired) electrons. The van der Waals surface area contributed by atoms with Crippen molar-refractivity contribution in [2.45, 2.75) is 32.6 Å². The largest absolute Gasteiger partial charge is 0.483 e. The van der Waals surface area contributed by atoms with Crippen molar-refractivity contribution in [1.82, 2.24) is 39.7 Å². The second-order valence-corrected chi connectivity index (χ2v) is 9.89. The van der Waals surface area contributed by atoms with Crippen molar-refractivity contribution in [3.05, 3.63) is 59.8 Å². The van der Waals surface area contributed by atoms with Gasteiger partial charge in [-0.05, 0) is 37.6 Å². The minimum Gasteiger partial charge on any atom is -0.483 e.